The summed E-state index contributed by atoms with van der Waals surface area (Å²) in [5.41, 5.74) is 1.90. The molecule has 2 N–H and O–H groups in total. The average Bonchev–Trinajstić information content (AvgIpc) is 3.14. The number of para-hydroxylation sites is 1. The summed E-state index contributed by atoms with van der Waals surface area (Å²) in [6, 6.07) is 8.43. The standard InChI is InChI=1S/C19H27N3O3S/c1-2-25-18-6-4-3-5-15(18)11-21-8-9-22(12-17(21)7-10-23)19-20-16(13-24)14-26-19/h3-6,14,17,23-24H,2,7-13H2,1H3. The molecule has 1 aromatic carbocycles. The molecule has 0 spiro atoms. The van der Waals surface area contributed by atoms with Crippen LogP contribution in [0.1, 0.15) is 24.6 Å². The van der Waals surface area contributed by atoms with Gasteiger partial charge in [0.1, 0.15) is 5.75 Å². The van der Waals surface area contributed by atoms with Gasteiger partial charge in [0.05, 0.1) is 18.9 Å². The van der Waals surface area contributed by atoms with Gasteiger partial charge in [-0.15, -0.1) is 11.3 Å². The normalized spacial score (nSPS) is 18.3. The van der Waals surface area contributed by atoms with E-state index in [1.807, 2.05) is 30.5 Å². The molecule has 1 fully saturated rings. The summed E-state index contributed by atoms with van der Waals surface area (Å²) >= 11 is 1.57. The summed E-state index contributed by atoms with van der Waals surface area (Å²) < 4.78 is 5.76. The molecule has 0 bridgehead atoms. The van der Waals surface area contributed by atoms with Gasteiger partial charge in [-0.1, -0.05) is 18.2 Å². The van der Waals surface area contributed by atoms with Gasteiger partial charge in [0.25, 0.3) is 0 Å². The molecular formula is C19H27N3O3S. The lowest BCUT2D eigenvalue weighted by Gasteiger charge is -2.41. The van der Waals surface area contributed by atoms with Crippen LogP contribution in [0.4, 0.5) is 5.13 Å². The molecule has 0 saturated carbocycles. The highest BCUT2D eigenvalue weighted by Gasteiger charge is 2.28. The SMILES string of the molecule is CCOc1ccccc1CN1CCN(c2nc(CO)cs2)CC1CCO. The first-order valence-electron chi connectivity index (χ1n) is 9.11. The number of piperazine rings is 1. The minimum absolute atomic E-state index is 0.0231. The van der Waals surface area contributed by atoms with Crippen molar-refractivity contribution >= 4 is 16.5 Å². The van der Waals surface area contributed by atoms with Crippen molar-refractivity contribution in [3.8, 4) is 5.75 Å². The fourth-order valence-electron chi connectivity index (χ4n) is 3.36. The highest BCUT2D eigenvalue weighted by Crippen LogP contribution is 2.27. The first-order chi connectivity index (χ1) is 12.7. The molecule has 1 aliphatic rings. The monoisotopic (exact) mass is 377 g/mol. The van der Waals surface area contributed by atoms with Gasteiger partial charge in [-0.25, -0.2) is 4.98 Å². The zero-order valence-corrected chi connectivity index (χ0v) is 16.0. The Morgan fingerprint density at radius 2 is 2.12 bits per heavy atom. The van der Waals surface area contributed by atoms with Crippen molar-refractivity contribution in [3.05, 3.63) is 40.9 Å². The summed E-state index contributed by atoms with van der Waals surface area (Å²) in [5.74, 6) is 0.938. The van der Waals surface area contributed by atoms with Crippen molar-refractivity contribution < 1.29 is 14.9 Å². The minimum atomic E-state index is -0.0231. The van der Waals surface area contributed by atoms with Crippen LogP contribution in [-0.2, 0) is 13.2 Å². The molecule has 0 amide bonds. The van der Waals surface area contributed by atoms with Crippen LogP contribution < -0.4 is 9.64 Å². The maximum Gasteiger partial charge on any atom is 0.185 e. The van der Waals surface area contributed by atoms with Crippen molar-refractivity contribution in [3.63, 3.8) is 0 Å². The van der Waals surface area contributed by atoms with Crippen LogP contribution >= 0.6 is 11.3 Å². The lowest BCUT2D eigenvalue weighted by Crippen LogP contribution is -2.53. The lowest BCUT2D eigenvalue weighted by atomic mass is 10.1. The highest BCUT2D eigenvalue weighted by atomic mass is 32.1. The maximum atomic E-state index is 9.52. The Hall–Kier alpha value is -1.67. The van der Waals surface area contributed by atoms with Crippen LogP contribution in [0.3, 0.4) is 0 Å². The van der Waals surface area contributed by atoms with E-state index in [9.17, 15) is 10.2 Å². The van der Waals surface area contributed by atoms with Gasteiger partial charge in [0.2, 0.25) is 0 Å². The van der Waals surface area contributed by atoms with E-state index < -0.39 is 0 Å². The van der Waals surface area contributed by atoms with Crippen molar-refractivity contribution in [1.82, 2.24) is 9.88 Å². The Kier molecular flexibility index (Phi) is 6.85. The number of rotatable bonds is 8. The third-order valence-electron chi connectivity index (χ3n) is 4.69. The van der Waals surface area contributed by atoms with E-state index in [0.29, 0.717) is 6.61 Å². The van der Waals surface area contributed by atoms with Crippen LogP contribution in [-0.4, -0.2) is 59.0 Å². The molecule has 7 heteroatoms. The number of aromatic nitrogens is 1. The molecule has 1 saturated heterocycles. The number of thiazole rings is 1. The number of hydrogen-bond acceptors (Lipinski definition) is 7. The van der Waals surface area contributed by atoms with Gasteiger partial charge in [-0.3, -0.25) is 4.90 Å². The number of aliphatic hydroxyl groups excluding tert-OH is 2. The summed E-state index contributed by atoms with van der Waals surface area (Å²) in [4.78, 5) is 9.17. The van der Waals surface area contributed by atoms with E-state index in [2.05, 4.69) is 20.9 Å². The molecule has 0 radical (unpaired) electrons. The molecule has 142 valence electrons. The first kappa shape index (κ1) is 19.1. The number of nitrogens with zero attached hydrogens (tertiary/aromatic N) is 3. The van der Waals surface area contributed by atoms with Crippen LogP contribution in [0.5, 0.6) is 5.75 Å². The van der Waals surface area contributed by atoms with E-state index in [-0.39, 0.29) is 19.3 Å². The second-order valence-corrected chi connectivity index (χ2v) is 7.24. The van der Waals surface area contributed by atoms with Crippen molar-refractivity contribution in [2.45, 2.75) is 32.5 Å². The number of benzene rings is 1. The molecule has 1 unspecified atom stereocenters. The second-order valence-electron chi connectivity index (χ2n) is 6.40. The van der Waals surface area contributed by atoms with Crippen molar-refractivity contribution in [1.29, 1.82) is 0 Å². The number of aliphatic hydroxyl groups is 2. The van der Waals surface area contributed by atoms with E-state index >= 15 is 0 Å². The molecule has 26 heavy (non-hydrogen) atoms. The Labute approximate surface area is 158 Å². The molecule has 1 aromatic heterocycles. The predicted molar refractivity (Wildman–Crippen MR) is 104 cm³/mol. The molecule has 3 rings (SSSR count). The number of hydrogen-bond donors (Lipinski definition) is 2. The molecule has 1 atom stereocenters. The Morgan fingerprint density at radius 1 is 1.27 bits per heavy atom. The van der Waals surface area contributed by atoms with Gasteiger partial charge in [-0.2, -0.15) is 0 Å². The molecule has 2 aromatic rings. The lowest BCUT2D eigenvalue weighted by molar-refractivity contribution is 0.134. The minimum Gasteiger partial charge on any atom is -0.494 e. The maximum absolute atomic E-state index is 9.52. The van der Waals surface area contributed by atoms with Gasteiger partial charge >= 0.3 is 0 Å². The van der Waals surface area contributed by atoms with E-state index in [4.69, 9.17) is 4.74 Å². The van der Waals surface area contributed by atoms with E-state index in [1.54, 1.807) is 11.3 Å². The second kappa shape index (κ2) is 9.32. The zero-order chi connectivity index (χ0) is 18.4. The van der Waals surface area contributed by atoms with Crippen LogP contribution in [0.15, 0.2) is 29.6 Å². The number of ether oxygens (including phenoxy) is 1. The topological polar surface area (TPSA) is 69.1 Å². The fourth-order valence-corrected chi connectivity index (χ4v) is 4.21. The van der Waals surface area contributed by atoms with E-state index in [1.165, 1.54) is 5.56 Å². The van der Waals surface area contributed by atoms with Crippen LogP contribution in [0.2, 0.25) is 0 Å². The Balaban J connectivity index is 1.70. The molecule has 0 aliphatic carbocycles. The van der Waals surface area contributed by atoms with Crippen molar-refractivity contribution in [2.24, 2.45) is 0 Å². The van der Waals surface area contributed by atoms with E-state index in [0.717, 1.165) is 49.2 Å². The van der Waals surface area contributed by atoms with Gasteiger partial charge < -0.3 is 19.8 Å². The molecule has 6 nitrogen and oxygen atoms in total. The molecule has 1 aliphatic heterocycles. The third kappa shape index (κ3) is 4.54. The molecule has 2 heterocycles. The molecular weight excluding hydrogens is 350 g/mol. The first-order valence-corrected chi connectivity index (χ1v) is 9.99. The van der Waals surface area contributed by atoms with Crippen LogP contribution in [0.25, 0.3) is 0 Å². The number of anilines is 1. The van der Waals surface area contributed by atoms with Gasteiger partial charge in [0.15, 0.2) is 5.13 Å². The van der Waals surface area contributed by atoms with Crippen molar-refractivity contribution in [2.75, 3.05) is 37.7 Å². The smallest absolute Gasteiger partial charge is 0.185 e. The summed E-state index contributed by atoms with van der Waals surface area (Å²) in [5, 5.41) is 21.6. The van der Waals surface area contributed by atoms with Gasteiger partial charge in [-0.05, 0) is 19.4 Å². The zero-order valence-electron chi connectivity index (χ0n) is 15.2. The summed E-state index contributed by atoms with van der Waals surface area (Å²) in [7, 11) is 0. The highest BCUT2D eigenvalue weighted by molar-refractivity contribution is 7.13. The fraction of sp³-hybridized carbons (Fsp3) is 0.526. The average molecular weight is 378 g/mol. The van der Waals surface area contributed by atoms with Gasteiger partial charge in [0, 0.05) is 49.8 Å². The van der Waals surface area contributed by atoms with Crippen LogP contribution in [0, 0.1) is 0 Å². The Bertz CT molecular complexity index is 694. The predicted octanol–water partition coefficient (Wildman–Crippen LogP) is 2.11. The quantitative estimate of drug-likeness (QED) is 0.734. The Morgan fingerprint density at radius 3 is 2.85 bits per heavy atom. The largest absolute Gasteiger partial charge is 0.494 e. The third-order valence-corrected chi connectivity index (χ3v) is 5.64. The summed E-state index contributed by atoms with van der Waals surface area (Å²) in [6.45, 7) is 6.23. The summed E-state index contributed by atoms with van der Waals surface area (Å²) in [6.07, 6.45) is 0.728.